The molecule has 0 spiro atoms. The van der Waals surface area contributed by atoms with Crippen molar-refractivity contribution in [2.24, 2.45) is 5.92 Å². The fourth-order valence-corrected chi connectivity index (χ4v) is 3.31. The van der Waals surface area contributed by atoms with Gasteiger partial charge in [0.2, 0.25) is 0 Å². The van der Waals surface area contributed by atoms with Crippen LogP contribution in [0, 0.1) is 12.8 Å². The van der Waals surface area contributed by atoms with Gasteiger partial charge in [0.05, 0.1) is 0 Å². The summed E-state index contributed by atoms with van der Waals surface area (Å²) in [7, 11) is 0. The molecule has 136 valence electrons. The van der Waals surface area contributed by atoms with Gasteiger partial charge in [-0.05, 0) is 48.9 Å². The predicted octanol–water partition coefficient (Wildman–Crippen LogP) is 4.85. The Hall–Kier alpha value is -1.64. The lowest BCUT2D eigenvalue weighted by molar-refractivity contribution is 0.398. The van der Waals surface area contributed by atoms with Gasteiger partial charge in [-0.2, -0.15) is 0 Å². The van der Waals surface area contributed by atoms with Crippen LogP contribution in [0.15, 0.2) is 48.5 Å². The lowest BCUT2D eigenvalue weighted by Crippen LogP contribution is -2.36. The largest absolute Gasteiger partial charge is 0.313 e. The molecule has 0 saturated carbocycles. The van der Waals surface area contributed by atoms with Crippen LogP contribution >= 0.6 is 0 Å². The average molecular weight is 339 g/mol. The second-order valence-electron chi connectivity index (χ2n) is 7.45. The number of hydrogen-bond acceptors (Lipinski definition) is 2. The smallest absolute Gasteiger partial charge is 0.0211 e. The molecule has 2 N–H and O–H groups in total. The highest BCUT2D eigenvalue weighted by Crippen LogP contribution is 2.21. The molecule has 25 heavy (non-hydrogen) atoms. The Morgan fingerprint density at radius 2 is 1.84 bits per heavy atom. The number of nitrogens with one attached hydrogen (secondary N) is 2. The first-order chi connectivity index (χ1) is 12.1. The molecule has 0 radical (unpaired) electrons. The molecule has 1 atom stereocenters. The van der Waals surface area contributed by atoms with Crippen molar-refractivity contribution in [1.29, 1.82) is 0 Å². The molecule has 2 aromatic carbocycles. The second kappa shape index (κ2) is 10.4. The van der Waals surface area contributed by atoms with E-state index in [0.717, 1.165) is 25.6 Å². The van der Waals surface area contributed by atoms with E-state index < -0.39 is 0 Å². The van der Waals surface area contributed by atoms with Gasteiger partial charge in [-0.3, -0.25) is 0 Å². The summed E-state index contributed by atoms with van der Waals surface area (Å²) in [5, 5.41) is 6.90. The molecule has 1 heterocycles. The molecule has 0 fully saturated rings. The summed E-state index contributed by atoms with van der Waals surface area (Å²) in [4.78, 5) is 0. The molecule has 1 aliphatic rings. The van der Waals surface area contributed by atoms with Crippen LogP contribution < -0.4 is 10.6 Å². The maximum atomic E-state index is 3.63. The van der Waals surface area contributed by atoms with Crippen LogP contribution in [0.25, 0.3) is 0 Å². The molecule has 2 nitrogen and oxygen atoms in total. The van der Waals surface area contributed by atoms with Crippen LogP contribution in [-0.4, -0.2) is 12.6 Å². The van der Waals surface area contributed by atoms with E-state index in [-0.39, 0.29) is 0 Å². The molecule has 0 saturated heterocycles. The van der Waals surface area contributed by atoms with E-state index in [0.29, 0.717) is 6.04 Å². The van der Waals surface area contributed by atoms with Gasteiger partial charge in [0.15, 0.2) is 0 Å². The minimum absolute atomic E-state index is 0.681. The van der Waals surface area contributed by atoms with E-state index in [9.17, 15) is 0 Å². The zero-order valence-electron chi connectivity index (χ0n) is 16.3. The Labute approximate surface area is 154 Å². The summed E-state index contributed by atoms with van der Waals surface area (Å²) in [6, 6.07) is 17.9. The van der Waals surface area contributed by atoms with Crippen molar-refractivity contribution in [3.8, 4) is 0 Å². The van der Waals surface area contributed by atoms with Gasteiger partial charge < -0.3 is 10.6 Å². The minimum atomic E-state index is 0.681. The minimum Gasteiger partial charge on any atom is -0.313 e. The standard InChI is InChI=1S/C14H21N.C9H13N/c1-10(2)6-14-8-12-5-4-11(3)7-13(12)9-15-14;1-2-10-8-9-6-4-3-5-7-9/h4-5,7,10,14-15H,6,8-9H2,1-3H3;3-7,10H,2,8H2,1H3. The first-order valence-electron chi connectivity index (χ1n) is 9.65. The predicted molar refractivity (Wildman–Crippen MR) is 109 cm³/mol. The average Bonchev–Trinajstić information content (AvgIpc) is 2.61. The molecule has 1 aliphatic heterocycles. The summed E-state index contributed by atoms with van der Waals surface area (Å²) < 4.78 is 0. The second-order valence-corrected chi connectivity index (χ2v) is 7.45. The third kappa shape index (κ3) is 7.01. The Balaban J connectivity index is 0.000000196. The maximum absolute atomic E-state index is 3.63. The Bertz CT molecular complexity index is 619. The summed E-state index contributed by atoms with van der Waals surface area (Å²) in [6.45, 7) is 11.9. The van der Waals surface area contributed by atoms with Crippen LogP contribution in [0.3, 0.4) is 0 Å². The molecule has 0 aromatic heterocycles. The number of fused-ring (bicyclic) bond motifs is 1. The third-order valence-corrected chi connectivity index (χ3v) is 4.59. The van der Waals surface area contributed by atoms with Crippen LogP contribution in [0.5, 0.6) is 0 Å². The number of benzene rings is 2. The highest BCUT2D eigenvalue weighted by Gasteiger charge is 2.18. The monoisotopic (exact) mass is 338 g/mol. The molecular weight excluding hydrogens is 304 g/mol. The van der Waals surface area contributed by atoms with Crippen LogP contribution in [0.4, 0.5) is 0 Å². The Morgan fingerprint density at radius 3 is 2.52 bits per heavy atom. The van der Waals surface area contributed by atoms with E-state index in [1.807, 2.05) is 6.07 Å². The molecule has 2 heteroatoms. The molecule has 0 bridgehead atoms. The van der Waals surface area contributed by atoms with Crippen LogP contribution in [0.2, 0.25) is 0 Å². The van der Waals surface area contributed by atoms with Gasteiger partial charge in [-0.15, -0.1) is 0 Å². The van der Waals surface area contributed by atoms with Crippen molar-refractivity contribution in [2.45, 2.75) is 59.7 Å². The summed E-state index contributed by atoms with van der Waals surface area (Å²) in [6.07, 6.45) is 2.49. The quantitative estimate of drug-likeness (QED) is 0.814. The van der Waals surface area contributed by atoms with E-state index in [1.54, 1.807) is 5.56 Å². The van der Waals surface area contributed by atoms with E-state index in [4.69, 9.17) is 0 Å². The zero-order chi connectivity index (χ0) is 18.1. The highest BCUT2D eigenvalue weighted by atomic mass is 14.9. The molecule has 0 amide bonds. The Kier molecular flexibility index (Phi) is 8.17. The number of hydrogen-bond donors (Lipinski definition) is 2. The summed E-state index contributed by atoms with van der Waals surface area (Å²) >= 11 is 0. The van der Waals surface area contributed by atoms with Crippen LogP contribution in [0.1, 0.15) is 49.4 Å². The number of rotatable bonds is 5. The molecule has 2 aromatic rings. The lowest BCUT2D eigenvalue weighted by atomic mass is 9.90. The van der Waals surface area contributed by atoms with E-state index in [1.165, 1.54) is 29.5 Å². The van der Waals surface area contributed by atoms with Crippen LogP contribution in [-0.2, 0) is 19.5 Å². The third-order valence-electron chi connectivity index (χ3n) is 4.59. The topological polar surface area (TPSA) is 24.1 Å². The highest BCUT2D eigenvalue weighted by molar-refractivity contribution is 5.33. The van der Waals surface area contributed by atoms with Crippen molar-refractivity contribution in [2.75, 3.05) is 6.54 Å². The van der Waals surface area contributed by atoms with Crippen molar-refractivity contribution < 1.29 is 0 Å². The molecular formula is C23H34N2. The van der Waals surface area contributed by atoms with Crippen molar-refractivity contribution >= 4 is 0 Å². The van der Waals surface area contributed by atoms with Gasteiger partial charge in [0.25, 0.3) is 0 Å². The Morgan fingerprint density at radius 1 is 1.08 bits per heavy atom. The van der Waals surface area contributed by atoms with E-state index in [2.05, 4.69) is 80.8 Å². The van der Waals surface area contributed by atoms with Crippen molar-refractivity contribution in [3.05, 3.63) is 70.8 Å². The van der Waals surface area contributed by atoms with Gasteiger partial charge >= 0.3 is 0 Å². The van der Waals surface area contributed by atoms with Gasteiger partial charge in [0.1, 0.15) is 0 Å². The first-order valence-corrected chi connectivity index (χ1v) is 9.65. The molecule has 0 aliphatic carbocycles. The zero-order valence-corrected chi connectivity index (χ0v) is 16.3. The fraction of sp³-hybridized carbons (Fsp3) is 0.478. The normalized spacial score (nSPS) is 16.1. The SMILES string of the molecule is CCNCc1ccccc1.Cc1ccc2c(c1)CNC(CC(C)C)C2. The number of aryl methyl sites for hydroxylation is 1. The van der Waals surface area contributed by atoms with Gasteiger partial charge in [-0.1, -0.05) is 74.9 Å². The molecule has 1 unspecified atom stereocenters. The maximum Gasteiger partial charge on any atom is 0.0211 e. The first kappa shape index (κ1) is 19.7. The summed E-state index contributed by atoms with van der Waals surface area (Å²) in [5.41, 5.74) is 5.77. The van der Waals surface area contributed by atoms with E-state index >= 15 is 0 Å². The van der Waals surface area contributed by atoms with Crippen molar-refractivity contribution in [3.63, 3.8) is 0 Å². The van der Waals surface area contributed by atoms with Gasteiger partial charge in [0, 0.05) is 19.1 Å². The lowest BCUT2D eigenvalue weighted by Gasteiger charge is -2.27. The molecule has 3 rings (SSSR count). The summed E-state index contributed by atoms with van der Waals surface area (Å²) in [5.74, 6) is 0.787. The van der Waals surface area contributed by atoms with Gasteiger partial charge in [-0.25, -0.2) is 0 Å². The van der Waals surface area contributed by atoms with Crippen molar-refractivity contribution in [1.82, 2.24) is 10.6 Å². The fourth-order valence-electron chi connectivity index (χ4n) is 3.31.